The average Bonchev–Trinajstić information content (AvgIpc) is 2.04. The van der Waals surface area contributed by atoms with E-state index in [1.165, 1.54) is 0 Å². The molecular weight excluding hydrogens is 174 g/mol. The molecule has 0 spiro atoms. The van der Waals surface area contributed by atoms with E-state index in [0.717, 1.165) is 12.1 Å². The van der Waals surface area contributed by atoms with Crippen LogP contribution >= 0.6 is 0 Å². The molecule has 0 heterocycles. The van der Waals surface area contributed by atoms with E-state index < -0.39 is 11.6 Å². The number of ketones is 1. The van der Waals surface area contributed by atoms with Crippen LogP contribution < -0.4 is 0 Å². The maximum Gasteiger partial charge on any atom is 0.165 e. The Bertz CT molecular complexity index is 321. The van der Waals surface area contributed by atoms with E-state index in [2.05, 4.69) is 6.92 Å². The van der Waals surface area contributed by atoms with Crippen molar-refractivity contribution < 1.29 is 13.6 Å². The number of Topliss-reactive ketones (excluding diaryl/α,β-unsaturated/α-hetero) is 1. The molecule has 0 N–H and O–H groups in total. The average molecular weight is 183 g/mol. The Morgan fingerprint density at radius 1 is 1.38 bits per heavy atom. The van der Waals surface area contributed by atoms with Crippen LogP contribution in [0.5, 0.6) is 0 Å². The summed E-state index contributed by atoms with van der Waals surface area (Å²) in [6, 6.07) is 2.93. The van der Waals surface area contributed by atoms with E-state index in [1.807, 2.05) is 0 Å². The SMILES string of the molecule is [CH2]CCC(=O)c1ccc(F)cc1F. The van der Waals surface area contributed by atoms with Crippen LogP contribution in [0.4, 0.5) is 8.78 Å². The van der Waals surface area contributed by atoms with Crippen molar-refractivity contribution >= 4 is 5.78 Å². The Kier molecular flexibility index (Phi) is 3.12. The highest BCUT2D eigenvalue weighted by Crippen LogP contribution is 2.12. The normalized spacial score (nSPS) is 10.1. The van der Waals surface area contributed by atoms with Gasteiger partial charge in [0, 0.05) is 12.5 Å². The van der Waals surface area contributed by atoms with Crippen molar-refractivity contribution in [1.82, 2.24) is 0 Å². The van der Waals surface area contributed by atoms with E-state index in [4.69, 9.17) is 0 Å². The molecule has 1 aromatic carbocycles. The third-order valence-electron chi connectivity index (χ3n) is 1.64. The Labute approximate surface area is 75.4 Å². The lowest BCUT2D eigenvalue weighted by atomic mass is 10.1. The maximum atomic E-state index is 12.9. The molecule has 0 bridgehead atoms. The van der Waals surface area contributed by atoms with Gasteiger partial charge in [0.25, 0.3) is 0 Å². The van der Waals surface area contributed by atoms with Crippen molar-refractivity contribution in [1.29, 1.82) is 0 Å². The van der Waals surface area contributed by atoms with Crippen molar-refractivity contribution in [3.8, 4) is 0 Å². The summed E-state index contributed by atoms with van der Waals surface area (Å²) < 4.78 is 25.4. The summed E-state index contributed by atoms with van der Waals surface area (Å²) in [4.78, 5) is 11.2. The highest BCUT2D eigenvalue weighted by Gasteiger charge is 2.10. The summed E-state index contributed by atoms with van der Waals surface area (Å²) in [7, 11) is 0. The van der Waals surface area contributed by atoms with Gasteiger partial charge in [-0.3, -0.25) is 4.79 Å². The van der Waals surface area contributed by atoms with Gasteiger partial charge in [-0.05, 0) is 18.6 Å². The van der Waals surface area contributed by atoms with Crippen LogP contribution in [0.3, 0.4) is 0 Å². The fraction of sp³-hybridized carbons (Fsp3) is 0.200. The second kappa shape index (κ2) is 4.12. The van der Waals surface area contributed by atoms with E-state index in [9.17, 15) is 13.6 Å². The lowest BCUT2D eigenvalue weighted by Gasteiger charge is -2.00. The molecule has 69 valence electrons. The van der Waals surface area contributed by atoms with Gasteiger partial charge in [0.1, 0.15) is 11.6 Å². The molecule has 0 aliphatic rings. The molecule has 0 aromatic heterocycles. The standard InChI is InChI=1S/C10H9F2O/c1-2-3-10(13)8-5-4-7(11)6-9(8)12/h4-6H,1-3H2. The molecule has 0 unspecified atom stereocenters. The number of rotatable bonds is 3. The Morgan fingerprint density at radius 2 is 2.08 bits per heavy atom. The summed E-state index contributed by atoms with van der Waals surface area (Å²) in [5, 5.41) is 0. The number of hydrogen-bond donors (Lipinski definition) is 0. The summed E-state index contributed by atoms with van der Waals surface area (Å²) in [5.41, 5.74) is -0.0648. The molecule has 1 radical (unpaired) electrons. The molecule has 3 heteroatoms. The van der Waals surface area contributed by atoms with Crippen molar-refractivity contribution in [3.63, 3.8) is 0 Å². The van der Waals surface area contributed by atoms with Crippen LogP contribution in [0, 0.1) is 18.6 Å². The highest BCUT2D eigenvalue weighted by molar-refractivity contribution is 5.96. The summed E-state index contributed by atoms with van der Waals surface area (Å²) in [5.74, 6) is -1.82. The third-order valence-corrected chi connectivity index (χ3v) is 1.64. The summed E-state index contributed by atoms with van der Waals surface area (Å²) >= 11 is 0. The van der Waals surface area contributed by atoms with Crippen LogP contribution in [0.1, 0.15) is 23.2 Å². The minimum atomic E-state index is -0.807. The van der Waals surface area contributed by atoms with Gasteiger partial charge in [0.05, 0.1) is 5.56 Å². The molecule has 1 aromatic rings. The zero-order chi connectivity index (χ0) is 9.84. The van der Waals surface area contributed by atoms with Gasteiger partial charge >= 0.3 is 0 Å². The van der Waals surface area contributed by atoms with E-state index in [-0.39, 0.29) is 17.8 Å². The fourth-order valence-electron chi connectivity index (χ4n) is 1.01. The van der Waals surface area contributed by atoms with Gasteiger partial charge in [0.2, 0.25) is 0 Å². The molecule has 0 aliphatic carbocycles. The number of carbonyl (C=O) groups is 1. The molecule has 0 atom stereocenters. The summed E-state index contributed by atoms with van der Waals surface area (Å²) in [6.45, 7) is 3.48. The molecule has 0 saturated carbocycles. The molecule has 1 nitrogen and oxygen atoms in total. The Balaban J connectivity index is 2.95. The smallest absolute Gasteiger partial charge is 0.165 e. The van der Waals surface area contributed by atoms with Gasteiger partial charge in [-0.2, -0.15) is 0 Å². The first-order valence-corrected chi connectivity index (χ1v) is 3.92. The quantitative estimate of drug-likeness (QED) is 0.658. The van der Waals surface area contributed by atoms with Crippen LogP contribution in [-0.2, 0) is 0 Å². The molecule has 13 heavy (non-hydrogen) atoms. The van der Waals surface area contributed by atoms with Crippen LogP contribution in [-0.4, -0.2) is 5.78 Å². The van der Waals surface area contributed by atoms with Crippen LogP contribution in [0.2, 0.25) is 0 Å². The molecule has 0 fully saturated rings. The largest absolute Gasteiger partial charge is 0.294 e. The zero-order valence-corrected chi connectivity index (χ0v) is 7.02. The van der Waals surface area contributed by atoms with Gasteiger partial charge in [-0.1, -0.05) is 6.92 Å². The topological polar surface area (TPSA) is 17.1 Å². The first kappa shape index (κ1) is 9.84. The highest BCUT2D eigenvalue weighted by atomic mass is 19.1. The first-order valence-electron chi connectivity index (χ1n) is 3.92. The first-order chi connectivity index (χ1) is 6.15. The van der Waals surface area contributed by atoms with Gasteiger partial charge in [-0.25, -0.2) is 8.78 Å². The lowest BCUT2D eigenvalue weighted by Crippen LogP contribution is -2.01. The van der Waals surface area contributed by atoms with Crippen LogP contribution in [0.15, 0.2) is 18.2 Å². The number of halogens is 2. The molecular formula is C10H9F2O. The van der Waals surface area contributed by atoms with Crippen molar-refractivity contribution in [3.05, 3.63) is 42.3 Å². The summed E-state index contributed by atoms with van der Waals surface area (Å²) in [6.07, 6.45) is 0.595. The van der Waals surface area contributed by atoms with Crippen molar-refractivity contribution in [2.75, 3.05) is 0 Å². The fourth-order valence-corrected chi connectivity index (χ4v) is 1.01. The number of benzene rings is 1. The molecule has 0 saturated heterocycles. The molecule has 0 aliphatic heterocycles. The van der Waals surface area contributed by atoms with Gasteiger partial charge < -0.3 is 0 Å². The van der Waals surface area contributed by atoms with Crippen LogP contribution in [0.25, 0.3) is 0 Å². The van der Waals surface area contributed by atoms with Gasteiger partial charge in [-0.15, -0.1) is 0 Å². The van der Waals surface area contributed by atoms with E-state index >= 15 is 0 Å². The monoisotopic (exact) mass is 183 g/mol. The number of hydrogen-bond acceptors (Lipinski definition) is 1. The molecule has 1 rings (SSSR count). The minimum absolute atomic E-state index is 0.0648. The Hall–Kier alpha value is -1.25. The predicted molar refractivity (Wildman–Crippen MR) is 45.3 cm³/mol. The second-order valence-electron chi connectivity index (χ2n) is 2.65. The maximum absolute atomic E-state index is 12.9. The Morgan fingerprint density at radius 3 is 2.62 bits per heavy atom. The lowest BCUT2D eigenvalue weighted by molar-refractivity contribution is 0.0979. The predicted octanol–water partition coefficient (Wildman–Crippen LogP) is 2.76. The number of carbonyl (C=O) groups excluding carboxylic acids is 1. The minimum Gasteiger partial charge on any atom is -0.294 e. The zero-order valence-electron chi connectivity index (χ0n) is 7.02. The second-order valence-corrected chi connectivity index (χ2v) is 2.65. The van der Waals surface area contributed by atoms with Gasteiger partial charge in [0.15, 0.2) is 5.78 Å². The third kappa shape index (κ3) is 2.34. The molecule has 0 amide bonds. The van der Waals surface area contributed by atoms with E-state index in [1.54, 1.807) is 0 Å². The van der Waals surface area contributed by atoms with E-state index in [0.29, 0.717) is 12.5 Å². The van der Waals surface area contributed by atoms with Crippen molar-refractivity contribution in [2.24, 2.45) is 0 Å². The van der Waals surface area contributed by atoms with Crippen molar-refractivity contribution in [2.45, 2.75) is 12.8 Å².